The highest BCUT2D eigenvalue weighted by Gasteiger charge is 2.15. The number of nitrogens with zero attached hydrogens (tertiary/aromatic N) is 3. The van der Waals surface area contributed by atoms with Crippen LogP contribution < -0.4 is 5.56 Å². The van der Waals surface area contributed by atoms with Gasteiger partial charge in [-0.1, -0.05) is 11.6 Å². The van der Waals surface area contributed by atoms with Gasteiger partial charge in [0.1, 0.15) is 11.0 Å². The van der Waals surface area contributed by atoms with Crippen LogP contribution in [0.5, 0.6) is 0 Å². The van der Waals surface area contributed by atoms with Crippen LogP contribution in [-0.4, -0.2) is 38.1 Å². The molecule has 0 aliphatic rings. The molecule has 5 heteroatoms. The summed E-state index contributed by atoms with van der Waals surface area (Å²) in [5.41, 5.74) is 3.49. The number of nitrogens with one attached hydrogen (secondary N) is 1. The van der Waals surface area contributed by atoms with Gasteiger partial charge in [0.25, 0.3) is 5.56 Å². The van der Waals surface area contributed by atoms with Crippen LogP contribution >= 0.6 is 0 Å². The van der Waals surface area contributed by atoms with E-state index in [0.29, 0.717) is 24.1 Å². The third-order valence-electron chi connectivity index (χ3n) is 4.65. The predicted molar refractivity (Wildman–Crippen MR) is 99.6 cm³/mol. The molecule has 2 heterocycles. The van der Waals surface area contributed by atoms with Gasteiger partial charge in [0.15, 0.2) is 0 Å². The zero-order chi connectivity index (χ0) is 17.4. The van der Waals surface area contributed by atoms with Crippen molar-refractivity contribution >= 4 is 21.9 Å². The molecule has 5 nitrogen and oxygen atoms in total. The van der Waals surface area contributed by atoms with Gasteiger partial charge in [-0.3, -0.25) is 14.3 Å². The summed E-state index contributed by atoms with van der Waals surface area (Å²) in [6, 6.07) is 7.03. The van der Waals surface area contributed by atoms with Gasteiger partial charge in [-0.25, -0.2) is 4.98 Å². The number of aryl methyl sites for hydroxylation is 1. The maximum Gasteiger partial charge on any atom is 0.277 e. The van der Waals surface area contributed by atoms with Crippen molar-refractivity contribution in [2.45, 2.75) is 53.2 Å². The normalized spacial score (nSPS) is 12.3. The molecule has 0 aliphatic heterocycles. The average molecular weight is 326 g/mol. The smallest absolute Gasteiger partial charge is 0.277 e. The fraction of sp³-hybridized carbons (Fsp3) is 0.474. The highest BCUT2D eigenvalue weighted by atomic mass is 16.1. The van der Waals surface area contributed by atoms with Crippen LogP contribution in [0.1, 0.15) is 33.3 Å². The van der Waals surface area contributed by atoms with Gasteiger partial charge in [0.05, 0.1) is 6.33 Å². The Kier molecular flexibility index (Phi) is 4.45. The number of hydrogen-bond acceptors (Lipinski definition) is 3. The van der Waals surface area contributed by atoms with Crippen LogP contribution in [0.15, 0.2) is 29.3 Å². The summed E-state index contributed by atoms with van der Waals surface area (Å²) in [5.74, 6) is 0. The van der Waals surface area contributed by atoms with E-state index in [1.54, 1.807) is 10.9 Å². The fourth-order valence-corrected chi connectivity index (χ4v) is 3.40. The van der Waals surface area contributed by atoms with Gasteiger partial charge in [-0.05, 0) is 46.8 Å². The summed E-state index contributed by atoms with van der Waals surface area (Å²) >= 11 is 0. The number of aromatic nitrogens is 3. The van der Waals surface area contributed by atoms with Gasteiger partial charge < -0.3 is 4.98 Å². The molecule has 0 saturated heterocycles. The van der Waals surface area contributed by atoms with E-state index in [-0.39, 0.29) is 5.56 Å². The Hall–Kier alpha value is -2.14. The lowest BCUT2D eigenvalue weighted by atomic mass is 10.2. The molecule has 0 saturated carbocycles. The molecular weight excluding hydrogens is 300 g/mol. The molecule has 3 aromatic rings. The summed E-state index contributed by atoms with van der Waals surface area (Å²) in [6.45, 7) is 12.3. The van der Waals surface area contributed by atoms with Crippen molar-refractivity contribution in [3.8, 4) is 0 Å². The molecule has 1 N–H and O–H groups in total. The van der Waals surface area contributed by atoms with E-state index in [0.717, 1.165) is 23.0 Å². The van der Waals surface area contributed by atoms with E-state index in [2.05, 4.69) is 48.6 Å². The summed E-state index contributed by atoms with van der Waals surface area (Å²) in [7, 11) is 0. The molecule has 0 unspecified atom stereocenters. The van der Waals surface area contributed by atoms with Gasteiger partial charge in [-0.2, -0.15) is 0 Å². The quantitative estimate of drug-likeness (QED) is 0.782. The maximum atomic E-state index is 12.8. The van der Waals surface area contributed by atoms with Crippen LogP contribution in [0.25, 0.3) is 21.9 Å². The van der Waals surface area contributed by atoms with Gasteiger partial charge in [-0.15, -0.1) is 0 Å². The Morgan fingerprint density at radius 2 is 1.92 bits per heavy atom. The molecule has 24 heavy (non-hydrogen) atoms. The van der Waals surface area contributed by atoms with Crippen LogP contribution in [-0.2, 0) is 6.54 Å². The monoisotopic (exact) mass is 326 g/mol. The van der Waals surface area contributed by atoms with E-state index in [9.17, 15) is 4.79 Å². The Bertz CT molecular complexity index is 912. The molecule has 0 aliphatic carbocycles. The molecule has 2 aromatic heterocycles. The molecule has 0 atom stereocenters. The van der Waals surface area contributed by atoms with Crippen molar-refractivity contribution in [1.29, 1.82) is 0 Å². The molecule has 0 fully saturated rings. The Morgan fingerprint density at radius 1 is 1.21 bits per heavy atom. The minimum Gasteiger partial charge on any atom is -0.349 e. The number of fused-ring (bicyclic) bond motifs is 3. The molecule has 0 spiro atoms. The van der Waals surface area contributed by atoms with E-state index < -0.39 is 0 Å². The second-order valence-corrected chi connectivity index (χ2v) is 7.07. The average Bonchev–Trinajstić information content (AvgIpc) is 2.87. The first-order valence-electron chi connectivity index (χ1n) is 8.61. The third-order valence-corrected chi connectivity index (χ3v) is 4.65. The first-order valence-corrected chi connectivity index (χ1v) is 8.61. The first kappa shape index (κ1) is 16.7. The zero-order valence-corrected chi connectivity index (χ0v) is 15.1. The minimum absolute atomic E-state index is 0.00122. The fourth-order valence-electron chi connectivity index (χ4n) is 3.40. The Morgan fingerprint density at radius 3 is 2.58 bits per heavy atom. The molecule has 0 bridgehead atoms. The topological polar surface area (TPSA) is 53.9 Å². The number of hydrogen-bond donors (Lipinski definition) is 1. The van der Waals surface area contributed by atoms with E-state index >= 15 is 0 Å². The number of benzene rings is 1. The predicted octanol–water partition coefficient (Wildman–Crippen LogP) is 3.31. The van der Waals surface area contributed by atoms with Crippen molar-refractivity contribution < 1.29 is 0 Å². The van der Waals surface area contributed by atoms with Crippen molar-refractivity contribution in [2.24, 2.45) is 0 Å². The summed E-state index contributed by atoms with van der Waals surface area (Å²) in [6.07, 6.45) is 1.68. The lowest BCUT2D eigenvalue weighted by Crippen LogP contribution is -2.40. The Labute approximate surface area is 142 Å². The number of H-pyrrole nitrogens is 1. The van der Waals surface area contributed by atoms with Crippen molar-refractivity contribution in [2.75, 3.05) is 6.54 Å². The van der Waals surface area contributed by atoms with E-state index in [1.807, 2.05) is 19.1 Å². The largest absolute Gasteiger partial charge is 0.349 e. The van der Waals surface area contributed by atoms with Gasteiger partial charge >= 0.3 is 0 Å². The molecule has 128 valence electrons. The summed E-state index contributed by atoms with van der Waals surface area (Å²) < 4.78 is 1.71. The molecular formula is C19H26N4O. The lowest BCUT2D eigenvalue weighted by molar-refractivity contribution is 0.167. The lowest BCUT2D eigenvalue weighted by Gasteiger charge is -2.30. The second-order valence-electron chi connectivity index (χ2n) is 7.07. The van der Waals surface area contributed by atoms with Crippen LogP contribution in [0.4, 0.5) is 0 Å². The second kappa shape index (κ2) is 6.40. The van der Waals surface area contributed by atoms with E-state index in [4.69, 9.17) is 0 Å². The number of aromatic amines is 1. The highest BCUT2D eigenvalue weighted by Crippen LogP contribution is 2.22. The van der Waals surface area contributed by atoms with Crippen LogP contribution in [0, 0.1) is 6.92 Å². The Balaban J connectivity index is 1.97. The molecule has 1 aromatic carbocycles. The van der Waals surface area contributed by atoms with Crippen molar-refractivity contribution in [1.82, 2.24) is 19.4 Å². The van der Waals surface area contributed by atoms with Crippen LogP contribution in [0.3, 0.4) is 0 Å². The summed E-state index contributed by atoms with van der Waals surface area (Å²) in [4.78, 5) is 23.0. The summed E-state index contributed by atoms with van der Waals surface area (Å²) in [5, 5.41) is 1.01. The third kappa shape index (κ3) is 2.96. The van der Waals surface area contributed by atoms with Crippen molar-refractivity contribution in [3.05, 3.63) is 40.4 Å². The van der Waals surface area contributed by atoms with E-state index in [1.165, 1.54) is 5.56 Å². The molecule has 3 rings (SSSR count). The standard InChI is InChI=1S/C19H26N4O/c1-12(2)23(13(3)4)9-8-22-11-20-17-15-10-14(5)6-7-16(15)21-18(17)19(22)24/h6-7,10-13,21H,8-9H2,1-5H3. The molecule has 0 amide bonds. The van der Waals surface area contributed by atoms with Gasteiger partial charge in [0, 0.05) is 36.1 Å². The van der Waals surface area contributed by atoms with Crippen LogP contribution in [0.2, 0.25) is 0 Å². The highest BCUT2D eigenvalue weighted by molar-refractivity contribution is 6.04. The first-order chi connectivity index (χ1) is 11.4. The van der Waals surface area contributed by atoms with Crippen molar-refractivity contribution in [3.63, 3.8) is 0 Å². The SMILES string of the molecule is Cc1ccc2[nH]c3c(=O)n(CCN(C(C)C)C(C)C)cnc3c2c1. The maximum absolute atomic E-state index is 12.8. The molecule has 0 radical (unpaired) electrons. The minimum atomic E-state index is 0.00122. The number of rotatable bonds is 5. The zero-order valence-electron chi connectivity index (χ0n) is 15.1. The van der Waals surface area contributed by atoms with Gasteiger partial charge in [0.2, 0.25) is 0 Å².